The molecule has 4 rings (SSSR count). The molecule has 1 aromatic heterocycles. The number of hydrogen-bond acceptors (Lipinski definition) is 5. The van der Waals surface area contributed by atoms with Crippen molar-refractivity contribution >= 4 is 18.0 Å². The molecule has 9 heteroatoms. The van der Waals surface area contributed by atoms with E-state index in [9.17, 15) is 14.0 Å². The van der Waals surface area contributed by atoms with Gasteiger partial charge in [0.2, 0.25) is 0 Å². The summed E-state index contributed by atoms with van der Waals surface area (Å²) >= 11 is 0. The third-order valence-electron chi connectivity index (χ3n) is 5.27. The molecule has 0 aliphatic rings. The van der Waals surface area contributed by atoms with Crippen LogP contribution in [0.4, 0.5) is 4.39 Å². The van der Waals surface area contributed by atoms with E-state index in [0.717, 1.165) is 12.1 Å². The summed E-state index contributed by atoms with van der Waals surface area (Å²) < 4.78 is 20.6. The lowest BCUT2D eigenvalue weighted by molar-refractivity contribution is -0.120. The normalized spacial score (nSPS) is 10.9. The van der Waals surface area contributed by atoms with Crippen molar-refractivity contribution in [3.63, 3.8) is 0 Å². The summed E-state index contributed by atoms with van der Waals surface area (Å²) in [6.45, 7) is 2.36. The van der Waals surface area contributed by atoms with Crippen LogP contribution in [0.2, 0.25) is 0 Å². The van der Waals surface area contributed by atoms with Crippen LogP contribution in [0.5, 0.6) is 5.75 Å². The van der Waals surface area contributed by atoms with Crippen LogP contribution >= 0.6 is 0 Å². The first-order chi connectivity index (χ1) is 18.0. The average molecular weight is 500 g/mol. The standard InChI is InChI=1S/C28H26FN5O3/c1-2-16-37-25-14-10-21(11-15-25)28(36)30-18-26(35)32-31-17-22-19-34(24-6-4-3-5-7-24)33-27(22)20-8-12-23(29)13-9-20/h3-15,17,19H,2,16,18H2,1H3,(H,30,36)(H,32,35)/b31-17+. The molecule has 0 aliphatic heterocycles. The van der Waals surface area contributed by atoms with Crippen molar-refractivity contribution < 1.29 is 18.7 Å². The van der Waals surface area contributed by atoms with E-state index in [-0.39, 0.29) is 18.3 Å². The van der Waals surface area contributed by atoms with Gasteiger partial charge in [-0.3, -0.25) is 9.59 Å². The molecule has 3 aromatic carbocycles. The van der Waals surface area contributed by atoms with E-state index >= 15 is 0 Å². The van der Waals surface area contributed by atoms with Crippen LogP contribution in [-0.4, -0.2) is 41.0 Å². The average Bonchev–Trinajstić information content (AvgIpc) is 3.36. The number of amides is 2. The highest BCUT2D eigenvalue weighted by molar-refractivity contribution is 5.96. The van der Waals surface area contributed by atoms with Crippen molar-refractivity contribution in [2.24, 2.45) is 5.10 Å². The van der Waals surface area contributed by atoms with Gasteiger partial charge in [-0.15, -0.1) is 0 Å². The molecule has 0 saturated carbocycles. The number of hydrogen-bond donors (Lipinski definition) is 2. The third kappa shape index (κ3) is 6.88. The van der Waals surface area contributed by atoms with Crippen LogP contribution in [-0.2, 0) is 4.79 Å². The van der Waals surface area contributed by atoms with Crippen LogP contribution in [0.3, 0.4) is 0 Å². The maximum Gasteiger partial charge on any atom is 0.259 e. The largest absolute Gasteiger partial charge is 0.494 e. The van der Waals surface area contributed by atoms with Crippen LogP contribution in [0.25, 0.3) is 16.9 Å². The highest BCUT2D eigenvalue weighted by Gasteiger charge is 2.12. The summed E-state index contributed by atoms with van der Waals surface area (Å²) in [5.74, 6) is -0.548. The van der Waals surface area contributed by atoms with Crippen molar-refractivity contribution in [2.45, 2.75) is 13.3 Å². The summed E-state index contributed by atoms with van der Waals surface area (Å²) in [7, 11) is 0. The molecule has 8 nitrogen and oxygen atoms in total. The first kappa shape index (κ1) is 25.3. The molecule has 0 spiro atoms. The molecule has 0 aliphatic carbocycles. The number of aromatic nitrogens is 2. The second-order valence-electron chi connectivity index (χ2n) is 8.07. The van der Waals surface area contributed by atoms with Gasteiger partial charge in [0.05, 0.1) is 25.1 Å². The number of carbonyl (C=O) groups excluding carboxylic acids is 2. The first-order valence-electron chi connectivity index (χ1n) is 11.8. The van der Waals surface area contributed by atoms with Gasteiger partial charge >= 0.3 is 0 Å². The highest BCUT2D eigenvalue weighted by atomic mass is 19.1. The van der Waals surface area contributed by atoms with Crippen LogP contribution in [0.15, 0.2) is 90.2 Å². The summed E-state index contributed by atoms with van der Waals surface area (Å²) in [6, 6.07) is 22.2. The minimum atomic E-state index is -0.494. The lowest BCUT2D eigenvalue weighted by Crippen LogP contribution is -2.34. The fraction of sp³-hybridized carbons (Fsp3) is 0.143. The predicted octanol–water partition coefficient (Wildman–Crippen LogP) is 4.35. The van der Waals surface area contributed by atoms with Crippen molar-refractivity contribution in [3.05, 3.63) is 102 Å². The number of carbonyl (C=O) groups is 2. The fourth-order valence-electron chi connectivity index (χ4n) is 3.43. The zero-order valence-corrected chi connectivity index (χ0v) is 20.2. The molecule has 0 fully saturated rings. The first-order valence-corrected chi connectivity index (χ1v) is 11.8. The Kier molecular flexibility index (Phi) is 8.38. The molecule has 0 radical (unpaired) electrons. The van der Waals surface area contributed by atoms with E-state index in [4.69, 9.17) is 4.74 Å². The third-order valence-corrected chi connectivity index (χ3v) is 5.27. The zero-order chi connectivity index (χ0) is 26.0. The molecule has 0 unspecified atom stereocenters. The summed E-state index contributed by atoms with van der Waals surface area (Å²) in [5, 5.41) is 11.2. The van der Waals surface area contributed by atoms with Gasteiger partial charge in [-0.2, -0.15) is 10.2 Å². The van der Waals surface area contributed by atoms with E-state index in [1.54, 1.807) is 47.3 Å². The Labute approximate surface area is 213 Å². The molecule has 188 valence electrons. The van der Waals surface area contributed by atoms with Gasteiger partial charge in [0, 0.05) is 22.9 Å². The Bertz CT molecular complexity index is 1370. The van der Waals surface area contributed by atoms with E-state index < -0.39 is 5.91 Å². The highest BCUT2D eigenvalue weighted by Crippen LogP contribution is 2.23. The quantitative estimate of drug-likeness (QED) is 0.250. The number of benzene rings is 3. The molecule has 37 heavy (non-hydrogen) atoms. The second kappa shape index (κ2) is 12.3. The lowest BCUT2D eigenvalue weighted by Gasteiger charge is -2.07. The molecular weight excluding hydrogens is 473 g/mol. The summed E-state index contributed by atoms with van der Waals surface area (Å²) in [5.41, 5.74) is 5.54. The van der Waals surface area contributed by atoms with E-state index in [1.807, 2.05) is 37.3 Å². The molecule has 0 saturated heterocycles. The number of halogens is 1. The number of hydrazone groups is 1. The minimum Gasteiger partial charge on any atom is -0.494 e. The Hall–Kier alpha value is -4.79. The van der Waals surface area contributed by atoms with Gasteiger partial charge in [0.15, 0.2) is 0 Å². The van der Waals surface area contributed by atoms with Gasteiger partial charge < -0.3 is 10.1 Å². The summed E-state index contributed by atoms with van der Waals surface area (Å²) in [6.07, 6.45) is 4.11. The van der Waals surface area contributed by atoms with Gasteiger partial charge in [0.25, 0.3) is 11.8 Å². The lowest BCUT2D eigenvalue weighted by atomic mass is 10.1. The van der Waals surface area contributed by atoms with Gasteiger partial charge in [-0.25, -0.2) is 14.5 Å². The minimum absolute atomic E-state index is 0.252. The topological polar surface area (TPSA) is 97.6 Å². The van der Waals surface area contributed by atoms with Gasteiger partial charge in [-0.1, -0.05) is 25.1 Å². The van der Waals surface area contributed by atoms with Crippen molar-refractivity contribution in [3.8, 4) is 22.7 Å². The number of nitrogens with zero attached hydrogens (tertiary/aromatic N) is 3. The number of nitrogens with one attached hydrogen (secondary N) is 2. The SMILES string of the molecule is CCCOc1ccc(C(=O)NCC(=O)N/N=C/c2cn(-c3ccccc3)nc2-c2ccc(F)cc2)cc1. The molecule has 1 heterocycles. The molecule has 4 aromatic rings. The van der Waals surface area contributed by atoms with Gasteiger partial charge in [-0.05, 0) is 67.1 Å². The van der Waals surface area contributed by atoms with Crippen LogP contribution < -0.4 is 15.5 Å². The van der Waals surface area contributed by atoms with E-state index in [2.05, 4.69) is 20.9 Å². The van der Waals surface area contributed by atoms with Crippen molar-refractivity contribution in [1.29, 1.82) is 0 Å². The van der Waals surface area contributed by atoms with Crippen molar-refractivity contribution in [1.82, 2.24) is 20.5 Å². The summed E-state index contributed by atoms with van der Waals surface area (Å²) in [4.78, 5) is 24.6. The maximum absolute atomic E-state index is 13.4. The van der Waals surface area contributed by atoms with Crippen molar-refractivity contribution in [2.75, 3.05) is 13.2 Å². The Morgan fingerprint density at radius 1 is 1.03 bits per heavy atom. The predicted molar refractivity (Wildman–Crippen MR) is 139 cm³/mol. The van der Waals surface area contributed by atoms with E-state index in [1.165, 1.54) is 18.3 Å². The Morgan fingerprint density at radius 3 is 2.46 bits per heavy atom. The molecule has 2 N–H and O–H groups in total. The number of rotatable bonds is 10. The smallest absolute Gasteiger partial charge is 0.259 e. The molecular formula is C28H26FN5O3. The second-order valence-corrected chi connectivity index (χ2v) is 8.07. The maximum atomic E-state index is 13.4. The number of ether oxygens (including phenoxy) is 1. The van der Waals surface area contributed by atoms with Crippen LogP contribution in [0, 0.1) is 5.82 Å². The molecule has 0 bridgehead atoms. The van der Waals surface area contributed by atoms with Crippen LogP contribution in [0.1, 0.15) is 29.3 Å². The molecule has 2 amide bonds. The molecule has 0 atom stereocenters. The van der Waals surface area contributed by atoms with Gasteiger partial charge in [0.1, 0.15) is 17.3 Å². The number of para-hydroxylation sites is 1. The Morgan fingerprint density at radius 2 is 1.76 bits per heavy atom. The monoisotopic (exact) mass is 499 g/mol. The van der Waals surface area contributed by atoms with E-state index in [0.29, 0.717) is 34.7 Å². The zero-order valence-electron chi connectivity index (χ0n) is 20.2. The Balaban J connectivity index is 1.39. The fourth-order valence-corrected chi connectivity index (χ4v) is 3.43.